The van der Waals surface area contributed by atoms with E-state index in [1.807, 2.05) is 0 Å². The highest BCUT2D eigenvalue weighted by Gasteiger charge is 2.53. The maximum atomic E-state index is 9.19. The number of rotatable bonds is 0. The van der Waals surface area contributed by atoms with Crippen molar-refractivity contribution in [1.82, 2.24) is 0 Å². The highest BCUT2D eigenvalue weighted by molar-refractivity contribution is 5.04. The second kappa shape index (κ2) is 1.25. The Labute approximate surface area is 48.5 Å². The second-order valence-electron chi connectivity index (χ2n) is 2.72. The molecule has 1 spiro atoms. The van der Waals surface area contributed by atoms with Crippen LogP contribution in [0.15, 0.2) is 0 Å². The Hall–Kier alpha value is -0.0800. The number of ether oxygens (including phenoxy) is 1. The Morgan fingerprint density at radius 3 is 2.50 bits per heavy atom. The zero-order valence-electron chi connectivity index (χ0n) is 4.76. The molecule has 0 radical (unpaired) electrons. The van der Waals surface area contributed by atoms with Crippen molar-refractivity contribution in [3.05, 3.63) is 0 Å². The minimum Gasteiger partial charge on any atom is -0.390 e. The summed E-state index contributed by atoms with van der Waals surface area (Å²) in [5.41, 5.74) is -0.0417. The van der Waals surface area contributed by atoms with Crippen molar-refractivity contribution in [3.63, 3.8) is 0 Å². The Bertz CT molecular complexity index is 107. The summed E-state index contributed by atoms with van der Waals surface area (Å²) < 4.78 is 5.31. The van der Waals surface area contributed by atoms with E-state index in [0.717, 1.165) is 25.9 Å². The summed E-state index contributed by atoms with van der Waals surface area (Å²) >= 11 is 0. The molecule has 1 atom stereocenters. The van der Waals surface area contributed by atoms with Crippen LogP contribution in [-0.4, -0.2) is 23.4 Å². The molecule has 1 heterocycles. The summed E-state index contributed by atoms with van der Waals surface area (Å²) in [5, 5.41) is 9.19. The van der Waals surface area contributed by atoms with Crippen LogP contribution in [-0.2, 0) is 4.74 Å². The Morgan fingerprint density at radius 2 is 2.25 bits per heavy atom. The lowest BCUT2D eigenvalue weighted by Crippen LogP contribution is -2.21. The van der Waals surface area contributed by atoms with Gasteiger partial charge in [0, 0.05) is 0 Å². The second-order valence-corrected chi connectivity index (χ2v) is 2.72. The molecule has 0 amide bonds. The van der Waals surface area contributed by atoms with Crippen LogP contribution in [0.3, 0.4) is 0 Å². The molecule has 8 heavy (non-hydrogen) atoms. The maximum absolute atomic E-state index is 9.19. The van der Waals surface area contributed by atoms with Crippen molar-refractivity contribution in [2.45, 2.75) is 31.0 Å². The van der Waals surface area contributed by atoms with Crippen molar-refractivity contribution >= 4 is 0 Å². The first-order chi connectivity index (χ1) is 3.83. The Kier molecular flexibility index (Phi) is 0.746. The van der Waals surface area contributed by atoms with Gasteiger partial charge in [0.15, 0.2) is 0 Å². The molecule has 1 aliphatic heterocycles. The van der Waals surface area contributed by atoms with Crippen LogP contribution in [0.1, 0.15) is 19.3 Å². The van der Waals surface area contributed by atoms with Gasteiger partial charge in [0.25, 0.3) is 0 Å². The van der Waals surface area contributed by atoms with Gasteiger partial charge in [0.1, 0.15) is 0 Å². The topological polar surface area (TPSA) is 29.5 Å². The molecule has 2 heteroatoms. The number of aliphatic hydroxyl groups is 1. The number of aliphatic hydroxyl groups excluding tert-OH is 1. The van der Waals surface area contributed by atoms with E-state index in [1.165, 1.54) is 0 Å². The quantitative estimate of drug-likeness (QED) is 0.490. The first kappa shape index (κ1) is 4.77. The van der Waals surface area contributed by atoms with E-state index >= 15 is 0 Å². The van der Waals surface area contributed by atoms with Gasteiger partial charge in [-0.2, -0.15) is 0 Å². The van der Waals surface area contributed by atoms with Gasteiger partial charge in [0.2, 0.25) is 0 Å². The fraction of sp³-hybridized carbons (Fsp3) is 1.00. The Morgan fingerprint density at radius 1 is 1.50 bits per heavy atom. The molecule has 1 unspecified atom stereocenters. The van der Waals surface area contributed by atoms with Crippen molar-refractivity contribution < 1.29 is 9.84 Å². The molecule has 1 aliphatic carbocycles. The SMILES string of the molecule is OC1CCOC12CC2. The monoisotopic (exact) mass is 114 g/mol. The highest BCUT2D eigenvalue weighted by atomic mass is 16.5. The molecule has 2 nitrogen and oxygen atoms in total. The lowest BCUT2D eigenvalue weighted by molar-refractivity contribution is 0.0216. The zero-order chi connectivity index (χ0) is 5.61. The van der Waals surface area contributed by atoms with Crippen LogP contribution in [0.25, 0.3) is 0 Å². The molecule has 0 bridgehead atoms. The van der Waals surface area contributed by atoms with Gasteiger partial charge in [-0.15, -0.1) is 0 Å². The predicted molar refractivity (Wildman–Crippen MR) is 28.5 cm³/mol. The molecule has 1 saturated carbocycles. The zero-order valence-corrected chi connectivity index (χ0v) is 4.76. The Balaban J connectivity index is 2.12. The number of hydrogen-bond acceptors (Lipinski definition) is 2. The first-order valence-corrected chi connectivity index (χ1v) is 3.16. The van der Waals surface area contributed by atoms with Crippen LogP contribution in [0.2, 0.25) is 0 Å². The normalized spacial score (nSPS) is 40.9. The summed E-state index contributed by atoms with van der Waals surface area (Å²) in [6.45, 7) is 0.765. The van der Waals surface area contributed by atoms with Crippen molar-refractivity contribution in [2.24, 2.45) is 0 Å². The van der Waals surface area contributed by atoms with Gasteiger partial charge in [-0.05, 0) is 19.3 Å². The molecular formula is C6H10O2. The third kappa shape index (κ3) is 0.446. The van der Waals surface area contributed by atoms with Crippen LogP contribution in [0.4, 0.5) is 0 Å². The van der Waals surface area contributed by atoms with Crippen molar-refractivity contribution in [1.29, 1.82) is 0 Å². The third-order valence-corrected chi connectivity index (χ3v) is 2.13. The van der Waals surface area contributed by atoms with Crippen LogP contribution in [0, 0.1) is 0 Å². The van der Waals surface area contributed by atoms with Crippen molar-refractivity contribution in [3.8, 4) is 0 Å². The third-order valence-electron chi connectivity index (χ3n) is 2.13. The van der Waals surface area contributed by atoms with Crippen LogP contribution >= 0.6 is 0 Å². The smallest absolute Gasteiger partial charge is 0.0943 e. The molecule has 1 saturated heterocycles. The highest BCUT2D eigenvalue weighted by Crippen LogP contribution is 2.47. The first-order valence-electron chi connectivity index (χ1n) is 3.16. The molecule has 2 aliphatic rings. The largest absolute Gasteiger partial charge is 0.390 e. The summed E-state index contributed by atoms with van der Waals surface area (Å²) in [5.74, 6) is 0. The van der Waals surface area contributed by atoms with E-state index in [0.29, 0.717) is 0 Å². The van der Waals surface area contributed by atoms with Gasteiger partial charge in [-0.25, -0.2) is 0 Å². The lowest BCUT2D eigenvalue weighted by Gasteiger charge is -2.08. The summed E-state index contributed by atoms with van der Waals surface area (Å²) in [7, 11) is 0. The number of hydrogen-bond donors (Lipinski definition) is 1. The minimum absolute atomic E-state index is 0.0417. The molecule has 0 aromatic rings. The van der Waals surface area contributed by atoms with Crippen LogP contribution < -0.4 is 0 Å². The molecule has 0 aromatic carbocycles. The molecule has 46 valence electrons. The molecule has 2 fully saturated rings. The molecule has 2 rings (SSSR count). The maximum Gasteiger partial charge on any atom is 0.0943 e. The van der Waals surface area contributed by atoms with Gasteiger partial charge < -0.3 is 9.84 Å². The van der Waals surface area contributed by atoms with E-state index in [2.05, 4.69) is 0 Å². The van der Waals surface area contributed by atoms with Crippen LogP contribution in [0.5, 0.6) is 0 Å². The standard InChI is InChI=1S/C6H10O2/c7-5-1-4-8-6(5)2-3-6/h5,7H,1-4H2. The summed E-state index contributed by atoms with van der Waals surface area (Å²) in [6.07, 6.45) is 2.85. The van der Waals surface area contributed by atoms with Gasteiger partial charge >= 0.3 is 0 Å². The van der Waals surface area contributed by atoms with E-state index in [-0.39, 0.29) is 11.7 Å². The van der Waals surface area contributed by atoms with E-state index in [9.17, 15) is 5.11 Å². The molecule has 1 N–H and O–H groups in total. The minimum atomic E-state index is -0.150. The fourth-order valence-corrected chi connectivity index (χ4v) is 1.33. The van der Waals surface area contributed by atoms with Crippen molar-refractivity contribution in [2.75, 3.05) is 6.61 Å². The van der Waals surface area contributed by atoms with Gasteiger partial charge in [-0.1, -0.05) is 0 Å². The van der Waals surface area contributed by atoms with Gasteiger partial charge in [-0.3, -0.25) is 0 Å². The molecular weight excluding hydrogens is 104 g/mol. The molecule has 0 aromatic heterocycles. The predicted octanol–water partition coefficient (Wildman–Crippen LogP) is 0.300. The fourth-order valence-electron chi connectivity index (χ4n) is 1.33. The summed E-state index contributed by atoms with van der Waals surface area (Å²) in [4.78, 5) is 0. The summed E-state index contributed by atoms with van der Waals surface area (Å²) in [6, 6.07) is 0. The van der Waals surface area contributed by atoms with E-state index < -0.39 is 0 Å². The van der Waals surface area contributed by atoms with E-state index in [4.69, 9.17) is 4.74 Å². The van der Waals surface area contributed by atoms with Gasteiger partial charge in [0.05, 0.1) is 18.3 Å². The average molecular weight is 114 g/mol. The average Bonchev–Trinajstić information content (AvgIpc) is 2.39. The lowest BCUT2D eigenvalue weighted by atomic mass is 10.2. The van der Waals surface area contributed by atoms with E-state index in [1.54, 1.807) is 0 Å².